The first-order valence-corrected chi connectivity index (χ1v) is 8.23. The van der Waals surface area contributed by atoms with Crippen molar-refractivity contribution >= 4 is 11.9 Å². The van der Waals surface area contributed by atoms with E-state index in [-0.39, 0.29) is 11.7 Å². The lowest BCUT2D eigenvalue weighted by Gasteiger charge is -2.19. The highest BCUT2D eigenvalue weighted by Gasteiger charge is 2.18. The molecule has 0 saturated carbocycles. The van der Waals surface area contributed by atoms with Crippen LogP contribution in [0.15, 0.2) is 30.3 Å². The Morgan fingerprint density at radius 3 is 2.52 bits per heavy atom. The average Bonchev–Trinajstić information content (AvgIpc) is 2.87. The third-order valence-corrected chi connectivity index (χ3v) is 3.36. The molecule has 2 rings (SSSR count). The van der Waals surface area contributed by atoms with Crippen molar-refractivity contribution in [3.63, 3.8) is 0 Å². The van der Waals surface area contributed by atoms with Crippen molar-refractivity contribution in [3.05, 3.63) is 52.8 Å². The number of nitrogens with zero attached hydrogens (tertiary/aromatic N) is 2. The van der Waals surface area contributed by atoms with Crippen LogP contribution in [-0.4, -0.2) is 33.9 Å². The van der Waals surface area contributed by atoms with Gasteiger partial charge in [-0.25, -0.2) is 9.59 Å². The van der Waals surface area contributed by atoms with Gasteiger partial charge in [0.2, 0.25) is 0 Å². The first-order valence-electron chi connectivity index (χ1n) is 8.23. The van der Waals surface area contributed by atoms with Gasteiger partial charge >= 0.3 is 11.9 Å². The van der Waals surface area contributed by atoms with E-state index < -0.39 is 11.6 Å². The first kappa shape index (κ1) is 18.7. The number of esters is 2. The van der Waals surface area contributed by atoms with E-state index >= 15 is 0 Å². The number of ether oxygens (including phenoxy) is 2. The quantitative estimate of drug-likeness (QED) is 0.778. The molecular weight excluding hydrogens is 320 g/mol. The molecule has 0 fully saturated rings. The molecule has 1 aromatic heterocycles. The third-order valence-electron chi connectivity index (χ3n) is 3.36. The number of aromatic nitrogens is 2. The number of carbonyl (C=O) groups is 2. The van der Waals surface area contributed by atoms with Crippen LogP contribution in [0.2, 0.25) is 0 Å². The maximum Gasteiger partial charge on any atom is 0.358 e. The third kappa shape index (κ3) is 5.17. The fraction of sp³-hybridized carbons (Fsp3) is 0.421. The summed E-state index contributed by atoms with van der Waals surface area (Å²) in [5, 5.41) is 4.28. The molecule has 1 aromatic carbocycles. The zero-order valence-electron chi connectivity index (χ0n) is 15.3. The fourth-order valence-electron chi connectivity index (χ4n) is 2.28. The summed E-state index contributed by atoms with van der Waals surface area (Å²) in [6, 6.07) is 8.89. The first-order chi connectivity index (χ1) is 11.7. The topological polar surface area (TPSA) is 70.4 Å². The molecule has 0 saturated heterocycles. The highest BCUT2D eigenvalue weighted by molar-refractivity contribution is 5.90. The Balaban J connectivity index is 2.17. The van der Waals surface area contributed by atoms with Gasteiger partial charge in [-0.15, -0.1) is 0 Å². The second kappa shape index (κ2) is 7.51. The van der Waals surface area contributed by atoms with Gasteiger partial charge in [0.05, 0.1) is 18.7 Å². The van der Waals surface area contributed by atoms with Gasteiger partial charge < -0.3 is 9.47 Å². The summed E-state index contributed by atoms with van der Waals surface area (Å²) in [6.45, 7) is 9.87. The van der Waals surface area contributed by atoms with E-state index in [0.29, 0.717) is 18.7 Å². The van der Waals surface area contributed by atoms with Crippen LogP contribution in [0.3, 0.4) is 0 Å². The summed E-state index contributed by atoms with van der Waals surface area (Å²) in [6.07, 6.45) is 0. The number of rotatable bonds is 5. The van der Waals surface area contributed by atoms with Gasteiger partial charge in [-0.3, -0.25) is 4.68 Å². The molecule has 0 aliphatic heterocycles. The number of aryl methyl sites for hydroxylation is 1. The van der Waals surface area contributed by atoms with Crippen molar-refractivity contribution in [2.24, 2.45) is 0 Å². The largest absolute Gasteiger partial charge is 0.461 e. The van der Waals surface area contributed by atoms with Crippen LogP contribution in [0, 0.1) is 6.92 Å². The lowest BCUT2D eigenvalue weighted by molar-refractivity contribution is 0.00691. The van der Waals surface area contributed by atoms with Gasteiger partial charge in [0.15, 0.2) is 5.69 Å². The summed E-state index contributed by atoms with van der Waals surface area (Å²) in [4.78, 5) is 24.0. The Labute approximate surface area is 147 Å². The Bertz CT molecular complexity index is 772. The molecule has 2 aromatic rings. The summed E-state index contributed by atoms with van der Waals surface area (Å²) in [7, 11) is 0. The number of hydrogen-bond acceptors (Lipinski definition) is 5. The minimum atomic E-state index is -0.541. The van der Waals surface area contributed by atoms with E-state index in [1.807, 2.05) is 33.8 Å². The summed E-state index contributed by atoms with van der Waals surface area (Å²) in [5.41, 5.74) is 1.96. The highest BCUT2D eigenvalue weighted by atomic mass is 16.6. The average molecular weight is 344 g/mol. The number of carbonyl (C=O) groups excluding carboxylic acids is 2. The standard InChI is InChI=1S/C19H24N2O4/c1-6-24-18(23)16-10-13(2)21(20-16)12-14-8-7-9-15(11-14)17(22)25-19(3,4)5/h7-11H,6,12H2,1-5H3. The molecule has 0 aliphatic rings. The van der Waals surface area contributed by atoms with E-state index in [2.05, 4.69) is 5.10 Å². The molecule has 6 nitrogen and oxygen atoms in total. The van der Waals surface area contributed by atoms with Gasteiger partial charge in [-0.05, 0) is 58.4 Å². The van der Waals surface area contributed by atoms with Crippen LogP contribution in [0.1, 0.15) is 59.8 Å². The Morgan fingerprint density at radius 1 is 1.16 bits per heavy atom. The molecule has 0 amide bonds. The molecule has 0 radical (unpaired) electrons. The number of hydrogen-bond donors (Lipinski definition) is 0. The van der Waals surface area contributed by atoms with Crippen LogP contribution in [-0.2, 0) is 16.0 Å². The molecule has 0 atom stereocenters. The Hall–Kier alpha value is -2.63. The minimum Gasteiger partial charge on any atom is -0.461 e. The van der Waals surface area contributed by atoms with Crippen LogP contribution in [0.5, 0.6) is 0 Å². The predicted molar refractivity (Wildman–Crippen MR) is 93.6 cm³/mol. The molecule has 6 heteroatoms. The fourth-order valence-corrected chi connectivity index (χ4v) is 2.28. The Morgan fingerprint density at radius 2 is 1.88 bits per heavy atom. The molecule has 0 spiro atoms. The van der Waals surface area contributed by atoms with Crippen molar-refractivity contribution in [1.29, 1.82) is 0 Å². The van der Waals surface area contributed by atoms with Crippen LogP contribution >= 0.6 is 0 Å². The summed E-state index contributed by atoms with van der Waals surface area (Å²) in [5.74, 6) is -0.800. The van der Waals surface area contributed by atoms with Gasteiger partial charge in [0.1, 0.15) is 5.60 Å². The maximum absolute atomic E-state index is 12.2. The van der Waals surface area contributed by atoms with Crippen molar-refractivity contribution in [2.45, 2.75) is 46.8 Å². The van der Waals surface area contributed by atoms with E-state index in [4.69, 9.17) is 9.47 Å². The van der Waals surface area contributed by atoms with E-state index in [1.165, 1.54) is 0 Å². The van der Waals surface area contributed by atoms with E-state index in [9.17, 15) is 9.59 Å². The minimum absolute atomic E-state index is 0.280. The molecule has 134 valence electrons. The number of benzene rings is 1. The van der Waals surface area contributed by atoms with Gasteiger partial charge in [-0.1, -0.05) is 12.1 Å². The molecule has 0 N–H and O–H groups in total. The second-order valence-corrected chi connectivity index (χ2v) is 6.75. The highest BCUT2D eigenvalue weighted by Crippen LogP contribution is 2.15. The lowest BCUT2D eigenvalue weighted by Crippen LogP contribution is -2.24. The van der Waals surface area contributed by atoms with Gasteiger partial charge in [0, 0.05) is 5.69 Å². The molecule has 25 heavy (non-hydrogen) atoms. The zero-order chi connectivity index (χ0) is 18.6. The maximum atomic E-state index is 12.2. The van der Waals surface area contributed by atoms with Crippen LogP contribution < -0.4 is 0 Å². The van der Waals surface area contributed by atoms with Crippen molar-refractivity contribution in [2.75, 3.05) is 6.61 Å². The Kier molecular flexibility index (Phi) is 5.62. The van der Waals surface area contributed by atoms with Crippen molar-refractivity contribution in [1.82, 2.24) is 9.78 Å². The molecule has 0 bridgehead atoms. The van der Waals surface area contributed by atoms with Gasteiger partial charge in [-0.2, -0.15) is 5.10 Å². The van der Waals surface area contributed by atoms with Gasteiger partial charge in [0.25, 0.3) is 0 Å². The van der Waals surface area contributed by atoms with Crippen LogP contribution in [0.4, 0.5) is 0 Å². The van der Waals surface area contributed by atoms with E-state index in [1.54, 1.807) is 35.9 Å². The normalized spacial score (nSPS) is 11.2. The second-order valence-electron chi connectivity index (χ2n) is 6.75. The summed E-state index contributed by atoms with van der Waals surface area (Å²) < 4.78 is 12.1. The monoisotopic (exact) mass is 344 g/mol. The van der Waals surface area contributed by atoms with Crippen molar-refractivity contribution < 1.29 is 19.1 Å². The summed E-state index contributed by atoms with van der Waals surface area (Å²) >= 11 is 0. The van der Waals surface area contributed by atoms with Crippen LogP contribution in [0.25, 0.3) is 0 Å². The predicted octanol–water partition coefficient (Wildman–Crippen LogP) is 3.37. The molecule has 0 unspecified atom stereocenters. The molecule has 1 heterocycles. The molecular formula is C19H24N2O4. The smallest absolute Gasteiger partial charge is 0.358 e. The zero-order valence-corrected chi connectivity index (χ0v) is 15.3. The molecule has 0 aliphatic carbocycles. The SMILES string of the molecule is CCOC(=O)c1cc(C)n(Cc2cccc(C(=O)OC(C)(C)C)c2)n1. The lowest BCUT2D eigenvalue weighted by atomic mass is 10.1. The van der Waals surface area contributed by atoms with Crippen molar-refractivity contribution in [3.8, 4) is 0 Å². The van der Waals surface area contributed by atoms with E-state index in [0.717, 1.165) is 11.3 Å².